The Morgan fingerprint density at radius 2 is 1.57 bits per heavy atom. The monoisotopic (exact) mass is 225 g/mol. The van der Waals surface area contributed by atoms with Crippen LogP contribution in [0.15, 0.2) is 34.1 Å². The van der Waals surface area contributed by atoms with Crippen LogP contribution < -0.4 is 0 Å². The van der Waals surface area contributed by atoms with Crippen molar-refractivity contribution in [2.75, 3.05) is 19.3 Å². The zero-order valence-electron chi connectivity index (χ0n) is 8.40. The maximum atomic E-state index is 2.45. The van der Waals surface area contributed by atoms with Crippen molar-refractivity contribution in [1.82, 2.24) is 4.31 Å². The topological polar surface area (TPSA) is 3.24 Å². The van der Waals surface area contributed by atoms with Crippen molar-refractivity contribution >= 4 is 23.7 Å². The highest BCUT2D eigenvalue weighted by molar-refractivity contribution is 7.98. The second-order valence-electron chi connectivity index (χ2n) is 3.40. The summed E-state index contributed by atoms with van der Waals surface area (Å²) < 4.78 is 2.45. The van der Waals surface area contributed by atoms with Crippen molar-refractivity contribution in [3.8, 4) is 0 Å². The van der Waals surface area contributed by atoms with E-state index in [2.05, 4.69) is 34.8 Å². The van der Waals surface area contributed by atoms with E-state index in [-0.39, 0.29) is 0 Å². The molecule has 1 aromatic rings. The molecule has 1 fully saturated rings. The zero-order valence-corrected chi connectivity index (χ0v) is 10.0. The fourth-order valence-electron chi connectivity index (χ4n) is 1.57. The van der Waals surface area contributed by atoms with E-state index in [0.29, 0.717) is 0 Å². The Kier molecular flexibility index (Phi) is 3.79. The lowest BCUT2D eigenvalue weighted by Gasteiger charge is -2.12. The number of hydrogen-bond donors (Lipinski definition) is 0. The minimum atomic E-state index is 1.24. The molecule has 76 valence electrons. The van der Waals surface area contributed by atoms with Crippen molar-refractivity contribution in [3.05, 3.63) is 24.3 Å². The highest BCUT2D eigenvalue weighted by atomic mass is 32.2. The average Bonchev–Trinajstić information content (AvgIpc) is 2.72. The van der Waals surface area contributed by atoms with E-state index in [9.17, 15) is 0 Å². The Morgan fingerprint density at radius 3 is 2.14 bits per heavy atom. The summed E-state index contributed by atoms with van der Waals surface area (Å²) in [5.41, 5.74) is 0. The van der Waals surface area contributed by atoms with E-state index in [1.807, 2.05) is 11.9 Å². The Hall–Kier alpha value is -0.120. The molecule has 0 unspecified atom stereocenters. The fourth-order valence-corrected chi connectivity index (χ4v) is 2.97. The Bertz CT molecular complexity index is 278. The van der Waals surface area contributed by atoms with Gasteiger partial charge >= 0.3 is 0 Å². The van der Waals surface area contributed by atoms with Crippen LogP contribution in [0.1, 0.15) is 12.8 Å². The van der Waals surface area contributed by atoms with Crippen LogP contribution in [0.4, 0.5) is 0 Å². The van der Waals surface area contributed by atoms with Crippen LogP contribution in [0.3, 0.4) is 0 Å². The second-order valence-corrected chi connectivity index (χ2v) is 5.45. The largest absolute Gasteiger partial charge is 0.246 e. The molecule has 0 bridgehead atoms. The minimum Gasteiger partial charge on any atom is -0.246 e. The molecule has 2 rings (SSSR count). The molecule has 1 saturated heterocycles. The van der Waals surface area contributed by atoms with Crippen LogP contribution >= 0.6 is 23.7 Å². The molecular weight excluding hydrogens is 210 g/mol. The summed E-state index contributed by atoms with van der Waals surface area (Å²) in [5.74, 6) is 0. The van der Waals surface area contributed by atoms with Crippen LogP contribution in [0.5, 0.6) is 0 Å². The molecule has 1 aromatic carbocycles. The lowest BCUT2D eigenvalue weighted by atomic mass is 10.4. The van der Waals surface area contributed by atoms with Gasteiger partial charge in [-0.05, 0) is 55.3 Å². The van der Waals surface area contributed by atoms with Gasteiger partial charge in [-0.3, -0.25) is 0 Å². The summed E-state index contributed by atoms with van der Waals surface area (Å²) in [7, 11) is 0. The van der Waals surface area contributed by atoms with E-state index < -0.39 is 0 Å². The molecule has 0 saturated carbocycles. The summed E-state index contributed by atoms with van der Waals surface area (Å²) in [6, 6.07) is 8.83. The lowest BCUT2D eigenvalue weighted by Crippen LogP contribution is -2.08. The van der Waals surface area contributed by atoms with Gasteiger partial charge in [0, 0.05) is 22.9 Å². The first-order valence-corrected chi connectivity index (χ1v) is 6.95. The van der Waals surface area contributed by atoms with Gasteiger partial charge in [-0.25, -0.2) is 4.31 Å². The van der Waals surface area contributed by atoms with E-state index in [1.54, 1.807) is 11.8 Å². The predicted octanol–water partition coefficient (Wildman–Crippen LogP) is 3.51. The van der Waals surface area contributed by atoms with Crippen LogP contribution in [0.2, 0.25) is 0 Å². The third-order valence-corrected chi connectivity index (χ3v) is 4.21. The standard InChI is InChI=1S/C11H15NS2/c1-13-10-4-6-11(7-5-10)14-12-8-2-3-9-12/h4-7H,2-3,8-9H2,1H3. The summed E-state index contributed by atoms with van der Waals surface area (Å²) in [6.45, 7) is 2.49. The first-order chi connectivity index (χ1) is 6.88. The van der Waals surface area contributed by atoms with Gasteiger partial charge in [-0.15, -0.1) is 11.8 Å². The summed E-state index contributed by atoms with van der Waals surface area (Å²) in [4.78, 5) is 2.71. The quantitative estimate of drug-likeness (QED) is 0.572. The van der Waals surface area contributed by atoms with Gasteiger partial charge in [0.15, 0.2) is 0 Å². The number of benzene rings is 1. The summed E-state index contributed by atoms with van der Waals surface area (Å²) in [6.07, 6.45) is 4.83. The molecule has 0 spiro atoms. The van der Waals surface area contributed by atoms with Gasteiger partial charge in [-0.1, -0.05) is 0 Å². The van der Waals surface area contributed by atoms with Crippen molar-refractivity contribution in [1.29, 1.82) is 0 Å². The molecule has 0 N–H and O–H groups in total. The summed E-state index contributed by atoms with van der Waals surface area (Å²) >= 11 is 3.69. The smallest absolute Gasteiger partial charge is 0.0231 e. The van der Waals surface area contributed by atoms with Crippen molar-refractivity contribution < 1.29 is 0 Å². The molecule has 0 atom stereocenters. The molecule has 1 aliphatic rings. The molecule has 1 aliphatic heterocycles. The third-order valence-electron chi connectivity index (χ3n) is 2.36. The first-order valence-electron chi connectivity index (χ1n) is 4.95. The summed E-state index contributed by atoms with van der Waals surface area (Å²) in [5, 5.41) is 0. The molecule has 1 heterocycles. The highest BCUT2D eigenvalue weighted by Gasteiger charge is 2.12. The molecule has 0 radical (unpaired) electrons. The van der Waals surface area contributed by atoms with Gasteiger partial charge in [-0.2, -0.15) is 0 Å². The SMILES string of the molecule is CSc1ccc(SN2CCCC2)cc1. The lowest BCUT2D eigenvalue weighted by molar-refractivity contribution is 0.586. The van der Waals surface area contributed by atoms with E-state index in [0.717, 1.165) is 0 Å². The Morgan fingerprint density at radius 1 is 1.00 bits per heavy atom. The van der Waals surface area contributed by atoms with E-state index in [4.69, 9.17) is 0 Å². The minimum absolute atomic E-state index is 1.24. The Balaban J connectivity index is 1.95. The predicted molar refractivity (Wildman–Crippen MR) is 64.9 cm³/mol. The van der Waals surface area contributed by atoms with Gasteiger partial charge < -0.3 is 0 Å². The van der Waals surface area contributed by atoms with Gasteiger partial charge in [0.2, 0.25) is 0 Å². The van der Waals surface area contributed by atoms with Crippen LogP contribution in [-0.2, 0) is 0 Å². The number of nitrogens with zero attached hydrogens (tertiary/aromatic N) is 1. The Labute approximate surface area is 94.4 Å². The van der Waals surface area contributed by atoms with Gasteiger partial charge in [0.05, 0.1) is 0 Å². The van der Waals surface area contributed by atoms with Gasteiger partial charge in [0.25, 0.3) is 0 Å². The molecule has 3 heteroatoms. The fraction of sp³-hybridized carbons (Fsp3) is 0.455. The highest BCUT2D eigenvalue weighted by Crippen LogP contribution is 2.27. The number of thioether (sulfide) groups is 1. The van der Waals surface area contributed by atoms with Crippen LogP contribution in [0, 0.1) is 0 Å². The van der Waals surface area contributed by atoms with E-state index in [1.165, 1.54) is 35.7 Å². The first kappa shape index (κ1) is 10.4. The maximum absolute atomic E-state index is 2.45. The molecule has 0 aliphatic carbocycles. The van der Waals surface area contributed by atoms with Crippen LogP contribution in [0.25, 0.3) is 0 Å². The van der Waals surface area contributed by atoms with Crippen LogP contribution in [-0.4, -0.2) is 23.7 Å². The second kappa shape index (κ2) is 5.10. The molecule has 0 aromatic heterocycles. The van der Waals surface area contributed by atoms with Crippen molar-refractivity contribution in [2.45, 2.75) is 22.6 Å². The van der Waals surface area contributed by atoms with Crippen molar-refractivity contribution in [3.63, 3.8) is 0 Å². The average molecular weight is 225 g/mol. The zero-order chi connectivity index (χ0) is 9.80. The van der Waals surface area contributed by atoms with Gasteiger partial charge in [0.1, 0.15) is 0 Å². The normalized spacial score (nSPS) is 17.5. The molecule has 1 nitrogen and oxygen atoms in total. The maximum Gasteiger partial charge on any atom is 0.0231 e. The molecular formula is C11H15NS2. The van der Waals surface area contributed by atoms with Crippen molar-refractivity contribution in [2.24, 2.45) is 0 Å². The molecule has 0 amide bonds. The van der Waals surface area contributed by atoms with E-state index >= 15 is 0 Å². The number of rotatable bonds is 3. The number of hydrogen-bond acceptors (Lipinski definition) is 3. The third kappa shape index (κ3) is 2.69. The molecule has 14 heavy (non-hydrogen) atoms.